The lowest BCUT2D eigenvalue weighted by Crippen LogP contribution is -2.45. The van der Waals surface area contributed by atoms with Gasteiger partial charge in [0.05, 0.1) is 0 Å². The number of hydrogen-bond donors (Lipinski definition) is 2. The number of benzene rings is 1. The van der Waals surface area contributed by atoms with E-state index in [4.69, 9.17) is 11.6 Å². The minimum Gasteiger partial charge on any atom is -0.352 e. The van der Waals surface area contributed by atoms with E-state index in [0.717, 1.165) is 30.6 Å². The summed E-state index contributed by atoms with van der Waals surface area (Å²) in [5, 5.41) is 6.23. The lowest BCUT2D eigenvalue weighted by atomic mass is 9.87. The molecule has 0 bridgehead atoms. The molecule has 0 unspecified atom stereocenters. The highest BCUT2D eigenvalue weighted by molar-refractivity contribution is 6.30. The smallest absolute Gasteiger partial charge is 0.325 e. The first-order valence-corrected chi connectivity index (χ1v) is 9.03. The van der Waals surface area contributed by atoms with Crippen LogP contribution >= 0.6 is 11.6 Å². The minimum absolute atomic E-state index is 0.153. The number of nitrogens with one attached hydrogen (secondary N) is 2. The van der Waals surface area contributed by atoms with Gasteiger partial charge in [0.15, 0.2) is 0 Å². The molecular formula is C18H22ClN3O3. The lowest BCUT2D eigenvalue weighted by Gasteiger charge is -2.26. The molecule has 1 atom stereocenters. The van der Waals surface area contributed by atoms with Crippen LogP contribution in [0.4, 0.5) is 4.79 Å². The largest absolute Gasteiger partial charge is 0.352 e. The predicted octanol–water partition coefficient (Wildman–Crippen LogP) is 2.56. The van der Waals surface area contributed by atoms with Crippen LogP contribution in [0.15, 0.2) is 24.3 Å². The summed E-state index contributed by atoms with van der Waals surface area (Å²) in [5.41, 5.74) is -0.480. The molecule has 2 fully saturated rings. The van der Waals surface area contributed by atoms with Crippen molar-refractivity contribution in [3.63, 3.8) is 0 Å². The number of amides is 4. The monoisotopic (exact) mass is 363 g/mol. The molecule has 134 valence electrons. The SMILES string of the molecule is CC[C@]1(c2ccc(Cl)cc2)NC(=O)N(CC(=O)NC2CCCC2)C1=O. The molecule has 1 aliphatic carbocycles. The van der Waals surface area contributed by atoms with Crippen molar-refractivity contribution < 1.29 is 14.4 Å². The van der Waals surface area contributed by atoms with Crippen LogP contribution in [0, 0.1) is 0 Å². The Morgan fingerprint density at radius 1 is 1.28 bits per heavy atom. The van der Waals surface area contributed by atoms with Crippen molar-refractivity contribution in [2.45, 2.75) is 50.6 Å². The Bertz CT molecular complexity index is 685. The van der Waals surface area contributed by atoms with Crippen LogP contribution in [0.5, 0.6) is 0 Å². The molecule has 25 heavy (non-hydrogen) atoms. The van der Waals surface area contributed by atoms with E-state index in [-0.39, 0.29) is 18.5 Å². The predicted molar refractivity (Wildman–Crippen MR) is 94.1 cm³/mol. The van der Waals surface area contributed by atoms with Gasteiger partial charge in [-0.15, -0.1) is 0 Å². The van der Waals surface area contributed by atoms with Crippen LogP contribution in [-0.4, -0.2) is 35.3 Å². The summed E-state index contributed by atoms with van der Waals surface area (Å²) in [7, 11) is 0. The molecule has 1 heterocycles. The Hall–Kier alpha value is -2.08. The summed E-state index contributed by atoms with van der Waals surface area (Å²) < 4.78 is 0. The van der Waals surface area contributed by atoms with Crippen LogP contribution in [0.3, 0.4) is 0 Å². The fourth-order valence-corrected chi connectivity index (χ4v) is 3.76. The van der Waals surface area contributed by atoms with Crippen molar-refractivity contribution in [3.8, 4) is 0 Å². The van der Waals surface area contributed by atoms with Crippen LogP contribution in [0.1, 0.15) is 44.6 Å². The number of halogens is 1. The molecule has 2 N–H and O–H groups in total. The van der Waals surface area contributed by atoms with Crippen molar-refractivity contribution in [3.05, 3.63) is 34.9 Å². The highest BCUT2D eigenvalue weighted by Crippen LogP contribution is 2.33. The lowest BCUT2D eigenvalue weighted by molar-refractivity contribution is -0.135. The Morgan fingerprint density at radius 3 is 2.52 bits per heavy atom. The molecule has 0 spiro atoms. The number of nitrogens with zero attached hydrogens (tertiary/aromatic N) is 1. The van der Waals surface area contributed by atoms with E-state index >= 15 is 0 Å². The first-order valence-electron chi connectivity index (χ1n) is 8.66. The van der Waals surface area contributed by atoms with Crippen molar-refractivity contribution in [1.82, 2.24) is 15.5 Å². The number of carbonyl (C=O) groups is 3. The third kappa shape index (κ3) is 3.35. The number of urea groups is 1. The van der Waals surface area contributed by atoms with Crippen molar-refractivity contribution >= 4 is 29.4 Å². The highest BCUT2D eigenvalue weighted by atomic mass is 35.5. The molecule has 7 heteroatoms. The standard InChI is InChI=1S/C18H22ClN3O3/c1-2-18(12-7-9-13(19)10-8-12)16(24)22(17(25)21-18)11-15(23)20-14-5-3-4-6-14/h7-10,14H,2-6,11H2,1H3,(H,20,23)(H,21,25)/t18-/m1/s1. The molecule has 4 amide bonds. The molecule has 3 rings (SSSR count). The first-order chi connectivity index (χ1) is 12.0. The molecular weight excluding hydrogens is 342 g/mol. The number of hydrogen-bond acceptors (Lipinski definition) is 3. The molecule has 1 aromatic carbocycles. The average molecular weight is 364 g/mol. The second kappa shape index (κ2) is 7.04. The van der Waals surface area contributed by atoms with Gasteiger partial charge in [0.25, 0.3) is 5.91 Å². The maximum Gasteiger partial charge on any atom is 0.325 e. The van der Waals surface area contributed by atoms with Crippen LogP contribution in [-0.2, 0) is 15.1 Å². The van der Waals surface area contributed by atoms with Gasteiger partial charge < -0.3 is 10.6 Å². The van der Waals surface area contributed by atoms with E-state index in [2.05, 4.69) is 10.6 Å². The van der Waals surface area contributed by atoms with Crippen molar-refractivity contribution in [2.75, 3.05) is 6.54 Å². The zero-order valence-electron chi connectivity index (χ0n) is 14.2. The second-order valence-corrected chi connectivity index (χ2v) is 7.07. The molecule has 0 radical (unpaired) electrons. The van der Waals surface area contributed by atoms with Gasteiger partial charge in [0, 0.05) is 11.1 Å². The zero-order chi connectivity index (χ0) is 18.0. The van der Waals surface area contributed by atoms with E-state index in [0.29, 0.717) is 17.0 Å². The van der Waals surface area contributed by atoms with E-state index in [1.54, 1.807) is 24.3 Å². The summed E-state index contributed by atoms with van der Waals surface area (Å²) in [5.74, 6) is -0.692. The van der Waals surface area contributed by atoms with E-state index in [1.165, 1.54) is 0 Å². The Balaban J connectivity index is 1.76. The van der Waals surface area contributed by atoms with Gasteiger partial charge in [-0.3, -0.25) is 14.5 Å². The van der Waals surface area contributed by atoms with Gasteiger partial charge in [-0.25, -0.2) is 4.79 Å². The number of rotatable bonds is 5. The van der Waals surface area contributed by atoms with Crippen LogP contribution < -0.4 is 10.6 Å². The minimum atomic E-state index is -1.14. The molecule has 1 saturated carbocycles. The van der Waals surface area contributed by atoms with Crippen LogP contribution in [0.2, 0.25) is 5.02 Å². The van der Waals surface area contributed by atoms with Gasteiger partial charge in [0.2, 0.25) is 5.91 Å². The van der Waals surface area contributed by atoms with Gasteiger partial charge in [0.1, 0.15) is 12.1 Å². The quantitative estimate of drug-likeness (QED) is 0.789. The summed E-state index contributed by atoms with van der Waals surface area (Å²) in [6.45, 7) is 1.57. The Morgan fingerprint density at radius 2 is 1.92 bits per heavy atom. The zero-order valence-corrected chi connectivity index (χ0v) is 14.9. The van der Waals surface area contributed by atoms with Gasteiger partial charge in [-0.05, 0) is 37.0 Å². The highest BCUT2D eigenvalue weighted by Gasteiger charge is 2.51. The summed E-state index contributed by atoms with van der Waals surface area (Å²) in [6.07, 6.45) is 4.50. The Labute approximate surface area is 151 Å². The summed E-state index contributed by atoms with van der Waals surface area (Å²) in [4.78, 5) is 38.5. The maximum absolute atomic E-state index is 13.0. The van der Waals surface area contributed by atoms with E-state index < -0.39 is 17.5 Å². The van der Waals surface area contributed by atoms with Crippen molar-refractivity contribution in [1.29, 1.82) is 0 Å². The molecule has 0 aromatic heterocycles. The molecule has 1 aromatic rings. The number of imide groups is 1. The topological polar surface area (TPSA) is 78.5 Å². The molecule has 1 aliphatic heterocycles. The van der Waals surface area contributed by atoms with Gasteiger partial charge in [-0.2, -0.15) is 0 Å². The third-order valence-corrected chi connectivity index (χ3v) is 5.32. The molecule has 2 aliphatic rings. The first kappa shape index (κ1) is 17.7. The third-order valence-electron chi connectivity index (χ3n) is 5.07. The van der Waals surface area contributed by atoms with E-state index in [1.807, 2.05) is 6.92 Å². The normalized spacial score (nSPS) is 23.8. The fraction of sp³-hybridized carbons (Fsp3) is 0.500. The second-order valence-electron chi connectivity index (χ2n) is 6.64. The van der Waals surface area contributed by atoms with Crippen molar-refractivity contribution in [2.24, 2.45) is 0 Å². The summed E-state index contributed by atoms with van der Waals surface area (Å²) >= 11 is 5.91. The summed E-state index contributed by atoms with van der Waals surface area (Å²) in [6, 6.07) is 6.44. The average Bonchev–Trinajstić information content (AvgIpc) is 3.18. The van der Waals surface area contributed by atoms with Crippen LogP contribution in [0.25, 0.3) is 0 Å². The Kier molecular flexibility index (Phi) is 4.99. The molecule has 6 nitrogen and oxygen atoms in total. The number of carbonyl (C=O) groups excluding carboxylic acids is 3. The fourth-order valence-electron chi connectivity index (χ4n) is 3.63. The van der Waals surface area contributed by atoms with Gasteiger partial charge in [-0.1, -0.05) is 43.5 Å². The van der Waals surface area contributed by atoms with E-state index in [9.17, 15) is 14.4 Å². The van der Waals surface area contributed by atoms with Gasteiger partial charge >= 0.3 is 6.03 Å². The molecule has 1 saturated heterocycles. The maximum atomic E-state index is 13.0.